The molecule has 0 atom stereocenters. The van der Waals surface area contributed by atoms with Gasteiger partial charge in [-0.05, 0) is 24.7 Å². The standard InChI is InChI=1S/C12H16F4N2O2S/c1-3-18(8-12(14,15)16)21(19,20)11-6-10(13)5-4-9(11)7-17-2/h4-6,17H,3,7-8H2,1-2H3. The van der Waals surface area contributed by atoms with Gasteiger partial charge < -0.3 is 5.32 Å². The molecule has 1 rings (SSSR count). The van der Waals surface area contributed by atoms with Crippen molar-refractivity contribution in [2.24, 2.45) is 0 Å². The molecule has 0 radical (unpaired) electrons. The first-order valence-corrected chi connectivity index (χ1v) is 7.55. The molecule has 0 bridgehead atoms. The molecular formula is C12H16F4N2O2S. The fourth-order valence-electron chi connectivity index (χ4n) is 1.81. The summed E-state index contributed by atoms with van der Waals surface area (Å²) in [6, 6.07) is 3.03. The second-order valence-electron chi connectivity index (χ2n) is 4.33. The zero-order valence-electron chi connectivity index (χ0n) is 11.5. The van der Waals surface area contributed by atoms with E-state index in [9.17, 15) is 26.0 Å². The Morgan fingerprint density at radius 3 is 2.38 bits per heavy atom. The molecule has 4 nitrogen and oxygen atoms in total. The zero-order valence-corrected chi connectivity index (χ0v) is 12.4. The molecule has 1 aromatic rings. The van der Waals surface area contributed by atoms with E-state index < -0.39 is 33.5 Å². The molecule has 1 N–H and O–H groups in total. The predicted molar refractivity (Wildman–Crippen MR) is 69.7 cm³/mol. The van der Waals surface area contributed by atoms with Gasteiger partial charge in [-0.1, -0.05) is 13.0 Å². The Balaban J connectivity index is 3.31. The minimum absolute atomic E-state index is 0.0957. The molecule has 120 valence electrons. The van der Waals surface area contributed by atoms with Gasteiger partial charge in [0.2, 0.25) is 10.0 Å². The van der Waals surface area contributed by atoms with Gasteiger partial charge in [0.25, 0.3) is 0 Å². The van der Waals surface area contributed by atoms with Crippen LogP contribution in [0.2, 0.25) is 0 Å². The van der Waals surface area contributed by atoms with Crippen molar-refractivity contribution in [2.75, 3.05) is 20.1 Å². The summed E-state index contributed by atoms with van der Waals surface area (Å²) in [6.45, 7) is -0.586. The molecule has 0 aliphatic heterocycles. The molecule has 0 fully saturated rings. The monoisotopic (exact) mass is 328 g/mol. The molecular weight excluding hydrogens is 312 g/mol. The van der Waals surface area contributed by atoms with Crippen LogP contribution in [0.3, 0.4) is 0 Å². The first-order valence-electron chi connectivity index (χ1n) is 6.11. The van der Waals surface area contributed by atoms with Crippen molar-refractivity contribution in [2.45, 2.75) is 24.5 Å². The lowest BCUT2D eigenvalue weighted by atomic mass is 10.2. The highest BCUT2D eigenvalue weighted by Gasteiger charge is 2.37. The van der Waals surface area contributed by atoms with Gasteiger partial charge in [0.05, 0.1) is 4.90 Å². The molecule has 0 saturated heterocycles. The maximum atomic E-state index is 13.3. The van der Waals surface area contributed by atoms with Crippen LogP contribution < -0.4 is 5.32 Å². The third-order valence-corrected chi connectivity index (χ3v) is 4.73. The summed E-state index contributed by atoms with van der Waals surface area (Å²) in [5, 5.41) is 2.69. The molecule has 0 amide bonds. The lowest BCUT2D eigenvalue weighted by molar-refractivity contribution is -0.135. The topological polar surface area (TPSA) is 49.4 Å². The van der Waals surface area contributed by atoms with Gasteiger partial charge in [0, 0.05) is 13.1 Å². The van der Waals surface area contributed by atoms with E-state index in [2.05, 4.69) is 5.32 Å². The Morgan fingerprint density at radius 2 is 1.90 bits per heavy atom. The van der Waals surface area contributed by atoms with E-state index in [1.54, 1.807) is 7.05 Å². The van der Waals surface area contributed by atoms with E-state index in [1.165, 1.54) is 13.0 Å². The molecule has 0 aromatic heterocycles. The molecule has 21 heavy (non-hydrogen) atoms. The van der Waals surface area contributed by atoms with Crippen molar-refractivity contribution < 1.29 is 26.0 Å². The van der Waals surface area contributed by atoms with E-state index in [4.69, 9.17) is 0 Å². The van der Waals surface area contributed by atoms with Gasteiger partial charge in [-0.15, -0.1) is 0 Å². The van der Waals surface area contributed by atoms with E-state index in [1.807, 2.05) is 0 Å². The molecule has 1 aromatic carbocycles. The van der Waals surface area contributed by atoms with Crippen LogP contribution >= 0.6 is 0 Å². The van der Waals surface area contributed by atoms with Crippen molar-refractivity contribution in [3.63, 3.8) is 0 Å². The highest BCUT2D eigenvalue weighted by molar-refractivity contribution is 7.89. The Labute approximate surface area is 120 Å². The minimum atomic E-state index is -4.67. The number of hydrogen-bond acceptors (Lipinski definition) is 3. The summed E-state index contributed by atoms with van der Waals surface area (Å²) in [7, 11) is -2.88. The van der Waals surface area contributed by atoms with Crippen molar-refractivity contribution in [1.82, 2.24) is 9.62 Å². The van der Waals surface area contributed by atoms with Crippen LogP contribution in [0.4, 0.5) is 17.6 Å². The lowest BCUT2D eigenvalue weighted by Crippen LogP contribution is -2.39. The Morgan fingerprint density at radius 1 is 1.29 bits per heavy atom. The predicted octanol–water partition coefficient (Wildman–Crippen LogP) is 2.12. The van der Waals surface area contributed by atoms with Crippen molar-refractivity contribution in [3.8, 4) is 0 Å². The van der Waals surface area contributed by atoms with Gasteiger partial charge >= 0.3 is 6.18 Å². The molecule has 0 saturated carbocycles. The van der Waals surface area contributed by atoms with Crippen LogP contribution in [0.15, 0.2) is 23.1 Å². The summed E-state index contributed by atoms with van der Waals surface area (Å²) < 4.78 is 75.6. The average molecular weight is 328 g/mol. The average Bonchev–Trinajstić information content (AvgIpc) is 2.37. The third-order valence-electron chi connectivity index (χ3n) is 2.72. The Bertz CT molecular complexity index is 587. The van der Waals surface area contributed by atoms with Crippen LogP contribution in [0.5, 0.6) is 0 Å². The molecule has 0 aliphatic carbocycles. The number of nitrogens with zero attached hydrogens (tertiary/aromatic N) is 1. The molecule has 0 aliphatic rings. The van der Waals surface area contributed by atoms with Crippen LogP contribution in [-0.2, 0) is 16.6 Å². The van der Waals surface area contributed by atoms with E-state index in [0.29, 0.717) is 0 Å². The number of rotatable bonds is 6. The normalized spacial score (nSPS) is 12.9. The van der Waals surface area contributed by atoms with Crippen LogP contribution in [0, 0.1) is 5.82 Å². The second-order valence-corrected chi connectivity index (χ2v) is 6.24. The van der Waals surface area contributed by atoms with Crippen LogP contribution in [0.25, 0.3) is 0 Å². The van der Waals surface area contributed by atoms with Gasteiger partial charge in [0.15, 0.2) is 0 Å². The number of alkyl halides is 3. The summed E-state index contributed by atoms with van der Waals surface area (Å²) in [5.74, 6) is -0.823. The quantitative estimate of drug-likeness (QED) is 0.814. The first kappa shape index (κ1) is 17.9. The number of halogens is 4. The number of sulfonamides is 1. The van der Waals surface area contributed by atoms with Gasteiger partial charge in [-0.3, -0.25) is 0 Å². The number of benzene rings is 1. The Hall–Kier alpha value is -1.19. The van der Waals surface area contributed by atoms with Gasteiger partial charge in [0.1, 0.15) is 12.4 Å². The fourth-order valence-corrected chi connectivity index (χ4v) is 3.48. The molecule has 9 heteroatoms. The maximum Gasteiger partial charge on any atom is 0.402 e. The van der Waals surface area contributed by atoms with E-state index in [-0.39, 0.29) is 23.0 Å². The third kappa shape index (κ3) is 4.65. The van der Waals surface area contributed by atoms with Crippen molar-refractivity contribution in [1.29, 1.82) is 0 Å². The van der Waals surface area contributed by atoms with Gasteiger partial charge in [-0.25, -0.2) is 12.8 Å². The van der Waals surface area contributed by atoms with E-state index >= 15 is 0 Å². The number of nitrogens with one attached hydrogen (secondary N) is 1. The molecule has 0 heterocycles. The first-order chi connectivity index (χ1) is 9.61. The van der Waals surface area contributed by atoms with Crippen molar-refractivity contribution in [3.05, 3.63) is 29.6 Å². The summed E-state index contributed by atoms with van der Waals surface area (Å²) in [5.41, 5.74) is 0.208. The minimum Gasteiger partial charge on any atom is -0.316 e. The Kier molecular flexibility index (Phi) is 5.71. The molecule has 0 spiro atoms. The van der Waals surface area contributed by atoms with Crippen molar-refractivity contribution >= 4 is 10.0 Å². The second kappa shape index (κ2) is 6.71. The van der Waals surface area contributed by atoms with Crippen LogP contribution in [-0.4, -0.2) is 39.0 Å². The highest BCUT2D eigenvalue weighted by atomic mass is 32.2. The fraction of sp³-hybridized carbons (Fsp3) is 0.500. The largest absolute Gasteiger partial charge is 0.402 e. The van der Waals surface area contributed by atoms with E-state index in [0.717, 1.165) is 12.1 Å². The lowest BCUT2D eigenvalue weighted by Gasteiger charge is -2.23. The summed E-state index contributed by atoms with van der Waals surface area (Å²) in [6.07, 6.45) is -4.67. The summed E-state index contributed by atoms with van der Waals surface area (Å²) >= 11 is 0. The molecule has 0 unspecified atom stereocenters. The SMILES string of the molecule is CCN(CC(F)(F)F)S(=O)(=O)c1cc(F)ccc1CNC. The highest BCUT2D eigenvalue weighted by Crippen LogP contribution is 2.25. The summed E-state index contributed by atoms with van der Waals surface area (Å²) in [4.78, 5) is -0.456. The smallest absolute Gasteiger partial charge is 0.316 e. The number of hydrogen-bond donors (Lipinski definition) is 1. The maximum absolute atomic E-state index is 13.3. The zero-order chi connectivity index (χ0) is 16.3. The van der Waals surface area contributed by atoms with Crippen LogP contribution in [0.1, 0.15) is 12.5 Å². The van der Waals surface area contributed by atoms with Gasteiger partial charge in [-0.2, -0.15) is 17.5 Å².